The SMILES string of the molecule is CN1CCN(S(=O)(=O)c2ccc(CNC(=O)c3cc(Cl)ccc3O)cc2)CC1. The predicted octanol–water partition coefficient (Wildman–Crippen LogP) is 1.91. The highest BCUT2D eigenvalue weighted by atomic mass is 35.5. The molecule has 0 bridgehead atoms. The largest absolute Gasteiger partial charge is 0.507 e. The molecule has 0 aliphatic carbocycles. The van der Waals surface area contributed by atoms with Crippen molar-refractivity contribution in [3.8, 4) is 5.75 Å². The van der Waals surface area contributed by atoms with Crippen LogP contribution in [-0.2, 0) is 16.6 Å². The Balaban J connectivity index is 1.64. The van der Waals surface area contributed by atoms with Gasteiger partial charge in [0.25, 0.3) is 5.91 Å². The molecule has 1 fully saturated rings. The van der Waals surface area contributed by atoms with Crippen molar-refractivity contribution in [1.82, 2.24) is 14.5 Å². The number of phenols is 1. The molecule has 1 saturated heterocycles. The zero-order valence-electron chi connectivity index (χ0n) is 15.4. The van der Waals surface area contributed by atoms with E-state index in [2.05, 4.69) is 10.2 Å². The second-order valence-corrected chi connectivity index (χ2v) is 9.07. The molecule has 7 nitrogen and oxygen atoms in total. The first kappa shape index (κ1) is 20.6. The summed E-state index contributed by atoms with van der Waals surface area (Å²) >= 11 is 5.86. The first-order valence-corrected chi connectivity index (χ1v) is 10.6. The Bertz CT molecular complexity index is 956. The summed E-state index contributed by atoms with van der Waals surface area (Å²) in [4.78, 5) is 14.5. The fraction of sp³-hybridized carbons (Fsp3) is 0.316. The average Bonchev–Trinajstić information content (AvgIpc) is 2.68. The third-order valence-corrected chi connectivity index (χ3v) is 6.83. The minimum atomic E-state index is -3.52. The molecule has 0 saturated carbocycles. The van der Waals surface area contributed by atoms with E-state index >= 15 is 0 Å². The summed E-state index contributed by atoms with van der Waals surface area (Å²) in [5.74, 6) is -0.621. The average molecular weight is 424 g/mol. The summed E-state index contributed by atoms with van der Waals surface area (Å²) in [6.45, 7) is 2.55. The fourth-order valence-electron chi connectivity index (χ4n) is 2.92. The van der Waals surface area contributed by atoms with Gasteiger partial charge >= 0.3 is 0 Å². The van der Waals surface area contributed by atoms with E-state index in [1.54, 1.807) is 24.3 Å². The molecule has 0 radical (unpaired) electrons. The van der Waals surface area contributed by atoms with Gasteiger partial charge in [0.1, 0.15) is 5.75 Å². The normalized spacial score (nSPS) is 16.1. The molecular formula is C19H22ClN3O4S. The number of phenolic OH excluding ortho intramolecular Hbond substituents is 1. The molecule has 1 heterocycles. The van der Waals surface area contributed by atoms with Gasteiger partial charge in [-0.05, 0) is 42.9 Å². The van der Waals surface area contributed by atoms with Gasteiger partial charge < -0.3 is 15.3 Å². The third kappa shape index (κ3) is 4.64. The van der Waals surface area contributed by atoms with Crippen LogP contribution in [0.3, 0.4) is 0 Å². The van der Waals surface area contributed by atoms with Crippen LogP contribution < -0.4 is 5.32 Å². The summed E-state index contributed by atoms with van der Waals surface area (Å²) in [5.41, 5.74) is 0.828. The van der Waals surface area contributed by atoms with Crippen molar-refractivity contribution in [2.75, 3.05) is 33.2 Å². The molecule has 1 aliphatic heterocycles. The number of rotatable bonds is 5. The monoisotopic (exact) mass is 423 g/mol. The van der Waals surface area contributed by atoms with Crippen molar-refractivity contribution in [1.29, 1.82) is 0 Å². The summed E-state index contributed by atoms with van der Waals surface area (Å²) in [6, 6.07) is 10.7. The van der Waals surface area contributed by atoms with Crippen molar-refractivity contribution >= 4 is 27.5 Å². The second kappa shape index (κ2) is 8.48. The summed E-state index contributed by atoms with van der Waals surface area (Å²) in [6.07, 6.45) is 0. The van der Waals surface area contributed by atoms with Gasteiger partial charge in [0.15, 0.2) is 0 Å². The Morgan fingerprint density at radius 1 is 1.11 bits per heavy atom. The topological polar surface area (TPSA) is 90.0 Å². The lowest BCUT2D eigenvalue weighted by Gasteiger charge is -2.31. The quantitative estimate of drug-likeness (QED) is 0.766. The van der Waals surface area contributed by atoms with Crippen LogP contribution in [0.2, 0.25) is 5.02 Å². The van der Waals surface area contributed by atoms with Gasteiger partial charge in [-0.25, -0.2) is 8.42 Å². The van der Waals surface area contributed by atoms with E-state index in [0.29, 0.717) is 31.2 Å². The van der Waals surface area contributed by atoms with Crippen LogP contribution in [-0.4, -0.2) is 61.9 Å². The molecule has 1 aliphatic rings. The Morgan fingerprint density at radius 2 is 1.75 bits per heavy atom. The lowest BCUT2D eigenvalue weighted by molar-refractivity contribution is 0.0948. The third-order valence-electron chi connectivity index (χ3n) is 4.68. The van der Waals surface area contributed by atoms with Crippen LogP contribution in [0.15, 0.2) is 47.4 Å². The Hall–Kier alpha value is -2.13. The van der Waals surface area contributed by atoms with E-state index in [-0.39, 0.29) is 22.8 Å². The fourth-order valence-corrected chi connectivity index (χ4v) is 4.52. The Labute approximate surface area is 169 Å². The van der Waals surface area contributed by atoms with E-state index in [4.69, 9.17) is 11.6 Å². The van der Waals surface area contributed by atoms with Crippen LogP contribution >= 0.6 is 11.6 Å². The molecular weight excluding hydrogens is 402 g/mol. The van der Waals surface area contributed by atoms with Crippen molar-refractivity contribution in [2.45, 2.75) is 11.4 Å². The van der Waals surface area contributed by atoms with Gasteiger partial charge in [0.05, 0.1) is 10.5 Å². The maximum Gasteiger partial charge on any atom is 0.255 e. The molecule has 28 heavy (non-hydrogen) atoms. The number of aromatic hydroxyl groups is 1. The predicted molar refractivity (Wildman–Crippen MR) is 107 cm³/mol. The number of hydrogen-bond donors (Lipinski definition) is 2. The number of sulfonamides is 1. The molecule has 1 amide bonds. The van der Waals surface area contributed by atoms with Gasteiger partial charge in [-0.3, -0.25) is 4.79 Å². The van der Waals surface area contributed by atoms with Gasteiger partial charge in [-0.15, -0.1) is 0 Å². The van der Waals surface area contributed by atoms with E-state index < -0.39 is 15.9 Å². The zero-order chi connectivity index (χ0) is 20.3. The van der Waals surface area contributed by atoms with Gasteiger partial charge in [0, 0.05) is 37.7 Å². The minimum Gasteiger partial charge on any atom is -0.507 e. The maximum atomic E-state index is 12.7. The molecule has 0 aromatic heterocycles. The number of halogens is 1. The molecule has 150 valence electrons. The first-order valence-electron chi connectivity index (χ1n) is 8.82. The zero-order valence-corrected chi connectivity index (χ0v) is 17.0. The molecule has 9 heteroatoms. The standard InChI is InChI=1S/C19H22ClN3O4S/c1-22-8-10-23(11-9-22)28(26,27)16-5-2-14(3-6-16)13-21-19(25)17-12-15(20)4-7-18(17)24/h2-7,12,24H,8-11,13H2,1H3,(H,21,25). The van der Waals surface area contributed by atoms with E-state index in [9.17, 15) is 18.3 Å². The molecule has 0 atom stereocenters. The summed E-state index contributed by atoms with van der Waals surface area (Å²) < 4.78 is 26.9. The van der Waals surface area contributed by atoms with Crippen LogP contribution in [0, 0.1) is 0 Å². The van der Waals surface area contributed by atoms with Crippen molar-refractivity contribution in [3.63, 3.8) is 0 Å². The van der Waals surface area contributed by atoms with Gasteiger partial charge in [-0.2, -0.15) is 4.31 Å². The number of hydrogen-bond acceptors (Lipinski definition) is 5. The number of benzene rings is 2. The molecule has 2 N–H and O–H groups in total. The Kier molecular flexibility index (Phi) is 6.24. The first-order chi connectivity index (χ1) is 13.3. The van der Waals surface area contributed by atoms with Crippen LogP contribution in [0.4, 0.5) is 0 Å². The van der Waals surface area contributed by atoms with Crippen LogP contribution in [0.5, 0.6) is 5.75 Å². The number of piperazine rings is 1. The summed E-state index contributed by atoms with van der Waals surface area (Å²) in [5, 5.41) is 12.8. The van der Waals surface area contributed by atoms with Crippen molar-refractivity contribution < 1.29 is 18.3 Å². The lowest BCUT2D eigenvalue weighted by atomic mass is 10.1. The number of amides is 1. The van der Waals surface area contributed by atoms with E-state index in [1.807, 2.05) is 7.05 Å². The highest BCUT2D eigenvalue weighted by molar-refractivity contribution is 7.89. The molecule has 2 aromatic rings. The second-order valence-electron chi connectivity index (χ2n) is 6.70. The van der Waals surface area contributed by atoms with Crippen LogP contribution in [0.1, 0.15) is 15.9 Å². The smallest absolute Gasteiger partial charge is 0.255 e. The minimum absolute atomic E-state index is 0.0850. The van der Waals surface area contributed by atoms with Crippen LogP contribution in [0.25, 0.3) is 0 Å². The van der Waals surface area contributed by atoms with Gasteiger partial charge in [0.2, 0.25) is 10.0 Å². The number of nitrogens with zero attached hydrogens (tertiary/aromatic N) is 2. The summed E-state index contributed by atoms with van der Waals surface area (Å²) in [7, 11) is -1.55. The molecule has 2 aromatic carbocycles. The van der Waals surface area contributed by atoms with E-state index in [1.165, 1.54) is 22.5 Å². The molecule has 0 spiro atoms. The maximum absolute atomic E-state index is 12.7. The molecule has 0 unspecified atom stereocenters. The number of likely N-dealkylation sites (N-methyl/N-ethyl adjacent to an activating group) is 1. The molecule has 3 rings (SSSR count). The number of carbonyl (C=O) groups excluding carboxylic acids is 1. The lowest BCUT2D eigenvalue weighted by Crippen LogP contribution is -2.47. The number of nitrogens with one attached hydrogen (secondary N) is 1. The van der Waals surface area contributed by atoms with Crippen molar-refractivity contribution in [3.05, 3.63) is 58.6 Å². The van der Waals surface area contributed by atoms with E-state index in [0.717, 1.165) is 5.56 Å². The highest BCUT2D eigenvalue weighted by Gasteiger charge is 2.27. The van der Waals surface area contributed by atoms with Crippen molar-refractivity contribution in [2.24, 2.45) is 0 Å². The Morgan fingerprint density at radius 3 is 2.39 bits per heavy atom. The van der Waals surface area contributed by atoms with Gasteiger partial charge in [-0.1, -0.05) is 23.7 Å². The highest BCUT2D eigenvalue weighted by Crippen LogP contribution is 2.22. The number of carbonyl (C=O) groups is 1.